The van der Waals surface area contributed by atoms with E-state index in [9.17, 15) is 27.6 Å². The quantitative estimate of drug-likeness (QED) is 0.0864. The molecule has 1 atom stereocenters. The van der Waals surface area contributed by atoms with Gasteiger partial charge in [0.2, 0.25) is 5.91 Å². The second kappa shape index (κ2) is 18.4. The Bertz CT molecular complexity index is 1290. The number of allylic oxidation sites excluding steroid dienone is 3. The molecule has 0 aromatic heterocycles. The Morgan fingerprint density at radius 2 is 1.74 bits per heavy atom. The predicted octanol–water partition coefficient (Wildman–Crippen LogP) is 6.39. The van der Waals surface area contributed by atoms with Gasteiger partial charge in [-0.3, -0.25) is 14.9 Å². The number of alkyl halides is 3. The fraction of sp³-hybridized carbons (Fsp3) is 0.559. The lowest BCUT2D eigenvalue weighted by Gasteiger charge is -2.26. The molecule has 4 N–H and O–H groups in total. The number of halogens is 3. The monoisotopic (exact) mass is 667 g/mol. The largest absolute Gasteiger partial charge is 0.573 e. The molecule has 10 nitrogen and oxygen atoms in total. The van der Waals surface area contributed by atoms with Crippen LogP contribution in [0.25, 0.3) is 0 Å². The first-order valence-corrected chi connectivity index (χ1v) is 15.6. The van der Waals surface area contributed by atoms with Crippen molar-refractivity contribution in [1.29, 1.82) is 0 Å². The van der Waals surface area contributed by atoms with Gasteiger partial charge in [0.25, 0.3) is 5.91 Å². The highest BCUT2D eigenvalue weighted by Crippen LogP contribution is 2.28. The summed E-state index contributed by atoms with van der Waals surface area (Å²) in [6, 6.07) is 2.85. The van der Waals surface area contributed by atoms with Gasteiger partial charge in [0.1, 0.15) is 11.4 Å². The molecule has 47 heavy (non-hydrogen) atoms. The van der Waals surface area contributed by atoms with E-state index in [1.807, 2.05) is 13.1 Å². The van der Waals surface area contributed by atoms with Crippen LogP contribution in [0.2, 0.25) is 0 Å². The number of benzene rings is 1. The molecule has 0 saturated heterocycles. The third kappa shape index (κ3) is 16.4. The van der Waals surface area contributed by atoms with Crippen molar-refractivity contribution >= 4 is 23.6 Å². The standard InChI is InChI=1S/C34H52F3N5O5/c1-11-33(8,9)17-16-27(38-10)24(4)23(3)22-42(12-2)19-13-18-39-29(43)21-40-30(44)26-20-25(46-34(35,36)37)14-15-28(26)41-31(45)47-32(5,6)7/h11,14-17,20,23,38H,1,12-13,18-19,21-22H2,2-10H3,(H,39,43)(H,40,44)(H,41,45)/b17-16-,27-24-. The average molecular weight is 668 g/mol. The van der Waals surface area contributed by atoms with Crippen molar-refractivity contribution in [1.82, 2.24) is 20.9 Å². The maximum absolute atomic E-state index is 12.9. The highest BCUT2D eigenvalue weighted by molar-refractivity contribution is 6.04. The van der Waals surface area contributed by atoms with Gasteiger partial charge in [-0.2, -0.15) is 0 Å². The zero-order chi connectivity index (χ0) is 36.0. The van der Waals surface area contributed by atoms with E-state index in [2.05, 4.69) is 84.3 Å². The predicted molar refractivity (Wildman–Crippen MR) is 179 cm³/mol. The minimum Gasteiger partial charge on any atom is -0.444 e. The van der Waals surface area contributed by atoms with Crippen LogP contribution in [0.15, 0.2) is 54.3 Å². The molecule has 0 bridgehead atoms. The molecule has 3 amide bonds. The molecule has 0 aliphatic heterocycles. The highest BCUT2D eigenvalue weighted by Gasteiger charge is 2.32. The van der Waals surface area contributed by atoms with Crippen LogP contribution < -0.4 is 26.0 Å². The van der Waals surface area contributed by atoms with E-state index in [0.29, 0.717) is 13.0 Å². The van der Waals surface area contributed by atoms with Gasteiger partial charge in [-0.15, -0.1) is 19.8 Å². The number of amides is 3. The van der Waals surface area contributed by atoms with Crippen LogP contribution >= 0.6 is 0 Å². The van der Waals surface area contributed by atoms with E-state index in [4.69, 9.17) is 4.74 Å². The van der Waals surface area contributed by atoms with E-state index in [1.54, 1.807) is 20.8 Å². The molecule has 1 unspecified atom stereocenters. The van der Waals surface area contributed by atoms with Gasteiger partial charge < -0.3 is 30.3 Å². The molecule has 1 aromatic rings. The van der Waals surface area contributed by atoms with Crippen molar-refractivity contribution in [3.63, 3.8) is 0 Å². The summed E-state index contributed by atoms with van der Waals surface area (Å²) >= 11 is 0. The van der Waals surface area contributed by atoms with Crippen molar-refractivity contribution < 1.29 is 37.0 Å². The minimum atomic E-state index is -5.00. The van der Waals surface area contributed by atoms with Crippen molar-refractivity contribution in [2.45, 2.75) is 73.8 Å². The number of nitrogens with zero attached hydrogens (tertiary/aromatic N) is 1. The van der Waals surface area contributed by atoms with Crippen molar-refractivity contribution in [3.8, 4) is 5.75 Å². The zero-order valence-corrected chi connectivity index (χ0v) is 29.1. The van der Waals surface area contributed by atoms with Crippen LogP contribution in [0.5, 0.6) is 5.75 Å². The van der Waals surface area contributed by atoms with Crippen molar-refractivity contribution in [3.05, 3.63) is 59.8 Å². The second-order valence-corrected chi connectivity index (χ2v) is 12.8. The summed E-state index contributed by atoms with van der Waals surface area (Å²) in [7, 11) is 1.90. The molecule has 0 aliphatic rings. The van der Waals surface area contributed by atoms with Gasteiger partial charge in [0.15, 0.2) is 0 Å². The Balaban J connectivity index is 2.76. The molecule has 0 fully saturated rings. The van der Waals surface area contributed by atoms with Crippen LogP contribution in [0.1, 0.15) is 72.2 Å². The lowest BCUT2D eigenvalue weighted by Crippen LogP contribution is -2.38. The maximum Gasteiger partial charge on any atom is 0.573 e. The Hall–Kier alpha value is -4.00. The molecule has 1 rings (SSSR count). The highest BCUT2D eigenvalue weighted by atomic mass is 19.4. The molecule has 0 spiro atoms. The Morgan fingerprint density at radius 1 is 1.09 bits per heavy atom. The molecule has 13 heteroatoms. The first kappa shape index (κ1) is 41.0. The number of likely N-dealkylation sites (N-methyl/N-ethyl adjacent to an activating group) is 1. The van der Waals surface area contributed by atoms with Gasteiger partial charge >= 0.3 is 12.5 Å². The van der Waals surface area contributed by atoms with Gasteiger partial charge in [-0.25, -0.2) is 4.79 Å². The molecule has 0 aliphatic carbocycles. The van der Waals surface area contributed by atoms with E-state index in [0.717, 1.165) is 43.5 Å². The summed E-state index contributed by atoms with van der Waals surface area (Å²) in [5.74, 6) is -1.77. The number of nitrogens with one attached hydrogen (secondary N) is 4. The first-order valence-electron chi connectivity index (χ1n) is 15.6. The van der Waals surface area contributed by atoms with Crippen LogP contribution in [-0.2, 0) is 9.53 Å². The van der Waals surface area contributed by atoms with Crippen molar-refractivity contribution in [2.75, 3.05) is 45.1 Å². The third-order valence-electron chi connectivity index (χ3n) is 7.11. The molecular formula is C34H52F3N5O5. The smallest absolute Gasteiger partial charge is 0.444 e. The molecule has 0 saturated carbocycles. The van der Waals surface area contributed by atoms with Gasteiger partial charge in [0.05, 0.1) is 17.8 Å². The number of ether oxygens (including phenoxy) is 2. The fourth-order valence-electron chi connectivity index (χ4n) is 4.23. The normalized spacial score (nSPS) is 13.5. The summed E-state index contributed by atoms with van der Waals surface area (Å²) in [6.45, 7) is 21.6. The lowest BCUT2D eigenvalue weighted by molar-refractivity contribution is -0.274. The number of anilines is 1. The fourth-order valence-corrected chi connectivity index (χ4v) is 4.23. The average Bonchev–Trinajstić information content (AvgIpc) is 2.96. The summed E-state index contributed by atoms with van der Waals surface area (Å²) in [5, 5.41) is 10.8. The topological polar surface area (TPSA) is 121 Å². The number of rotatable bonds is 17. The number of carbonyl (C=O) groups is 3. The molecular weight excluding hydrogens is 615 g/mol. The Morgan fingerprint density at radius 3 is 2.30 bits per heavy atom. The first-order chi connectivity index (χ1) is 21.7. The number of hydrogen-bond donors (Lipinski definition) is 4. The lowest BCUT2D eigenvalue weighted by atomic mass is 9.92. The Labute approximate surface area is 277 Å². The van der Waals surface area contributed by atoms with E-state index in [-0.39, 0.29) is 22.6 Å². The van der Waals surface area contributed by atoms with E-state index < -0.39 is 42.2 Å². The maximum atomic E-state index is 12.9. The zero-order valence-electron chi connectivity index (χ0n) is 29.1. The molecule has 0 radical (unpaired) electrons. The number of carbonyl (C=O) groups excluding carboxylic acids is 3. The third-order valence-corrected chi connectivity index (χ3v) is 7.11. The summed E-state index contributed by atoms with van der Waals surface area (Å²) in [6.07, 6.45) is 0.857. The van der Waals surface area contributed by atoms with E-state index in [1.165, 1.54) is 5.57 Å². The molecule has 264 valence electrons. The Kier molecular flexibility index (Phi) is 16.0. The molecule has 0 heterocycles. The van der Waals surface area contributed by atoms with Gasteiger partial charge in [0, 0.05) is 31.2 Å². The molecule has 1 aromatic carbocycles. The van der Waals surface area contributed by atoms with E-state index >= 15 is 0 Å². The van der Waals surface area contributed by atoms with Crippen LogP contribution in [0.3, 0.4) is 0 Å². The minimum absolute atomic E-state index is 0.118. The number of hydrogen-bond acceptors (Lipinski definition) is 7. The summed E-state index contributed by atoms with van der Waals surface area (Å²) in [5.41, 5.74) is 0.847. The summed E-state index contributed by atoms with van der Waals surface area (Å²) in [4.78, 5) is 39.9. The van der Waals surface area contributed by atoms with Crippen LogP contribution in [0, 0.1) is 11.3 Å². The van der Waals surface area contributed by atoms with Crippen LogP contribution in [-0.4, -0.2) is 74.5 Å². The van der Waals surface area contributed by atoms with Crippen molar-refractivity contribution in [2.24, 2.45) is 11.3 Å². The van der Waals surface area contributed by atoms with Gasteiger partial charge in [-0.1, -0.05) is 39.8 Å². The van der Waals surface area contributed by atoms with Crippen LogP contribution in [0.4, 0.5) is 23.7 Å². The summed E-state index contributed by atoms with van der Waals surface area (Å²) < 4.78 is 47.4. The second-order valence-electron chi connectivity index (χ2n) is 12.8. The SMILES string of the molecule is C=CC(C)(C)/C=C\C(NC)=C(/C)C(C)CN(CC)CCCNC(=O)CNC(=O)c1cc(OC(F)(F)F)ccc1NC(=O)OC(C)(C)C. The van der Waals surface area contributed by atoms with Gasteiger partial charge in [-0.05, 0) is 83.0 Å².